The van der Waals surface area contributed by atoms with Gasteiger partial charge in [0.25, 0.3) is 5.91 Å². The van der Waals surface area contributed by atoms with Gasteiger partial charge in [-0.05, 0) is 44.6 Å². The number of aromatic nitrogens is 1. The lowest BCUT2D eigenvalue weighted by molar-refractivity contribution is -0.253. The van der Waals surface area contributed by atoms with Gasteiger partial charge in [-0.1, -0.05) is 0 Å². The van der Waals surface area contributed by atoms with Crippen molar-refractivity contribution in [2.45, 2.75) is 50.2 Å². The van der Waals surface area contributed by atoms with Crippen molar-refractivity contribution in [2.24, 2.45) is 5.41 Å². The molecule has 0 aliphatic heterocycles. The molecule has 3 saturated carbocycles. The summed E-state index contributed by atoms with van der Waals surface area (Å²) >= 11 is 0. The number of aromatic amines is 1. The van der Waals surface area contributed by atoms with Crippen LogP contribution in [0, 0.1) is 16.7 Å². The highest BCUT2D eigenvalue weighted by molar-refractivity contribution is 5.94. The van der Waals surface area contributed by atoms with E-state index in [9.17, 15) is 18.0 Å². The minimum Gasteiger partial charge on any atom is -0.352 e. The van der Waals surface area contributed by atoms with Crippen LogP contribution in [0.4, 0.5) is 13.2 Å². The molecule has 4 rings (SSSR count). The van der Waals surface area contributed by atoms with Gasteiger partial charge in [0.1, 0.15) is 11.8 Å². The molecule has 1 heterocycles. The van der Waals surface area contributed by atoms with E-state index in [-0.39, 0.29) is 30.9 Å². The summed E-state index contributed by atoms with van der Waals surface area (Å²) in [6.07, 6.45) is -1.43. The monoisotopic (exact) mass is 311 g/mol. The van der Waals surface area contributed by atoms with Crippen LogP contribution in [-0.2, 0) is 0 Å². The summed E-state index contributed by atoms with van der Waals surface area (Å²) in [5.41, 5.74) is -1.47. The number of rotatable bonds is 2. The molecule has 1 amide bonds. The molecule has 0 saturated heterocycles. The highest BCUT2D eigenvalue weighted by atomic mass is 19.4. The standard InChI is InChI=1S/C15H16F3N3O/c16-15(17,18)13-1-4-14(5-2-13,6-3-13)21-12(22)10-7-11(8-19)20-9-10/h7,9,20H,1-6H2,(H,21,22). The zero-order valence-electron chi connectivity index (χ0n) is 11.9. The maximum absolute atomic E-state index is 13.2. The molecule has 22 heavy (non-hydrogen) atoms. The number of halogens is 3. The SMILES string of the molecule is N#Cc1cc(C(=O)NC23CCC(C(F)(F)F)(CC2)CC3)c[nH]1. The molecule has 0 atom stereocenters. The Bertz CT molecular complexity index is 617. The van der Waals surface area contributed by atoms with Gasteiger partial charge in [-0.2, -0.15) is 18.4 Å². The van der Waals surface area contributed by atoms with E-state index in [1.165, 1.54) is 12.3 Å². The molecule has 1 aromatic rings. The first-order valence-corrected chi connectivity index (χ1v) is 7.27. The van der Waals surface area contributed by atoms with Crippen LogP contribution in [0.3, 0.4) is 0 Å². The number of nitriles is 1. The van der Waals surface area contributed by atoms with Crippen molar-refractivity contribution in [1.82, 2.24) is 10.3 Å². The van der Waals surface area contributed by atoms with Crippen LogP contribution < -0.4 is 5.32 Å². The van der Waals surface area contributed by atoms with E-state index < -0.39 is 17.1 Å². The number of alkyl halides is 3. The molecule has 0 unspecified atom stereocenters. The summed E-state index contributed by atoms with van der Waals surface area (Å²) in [5.74, 6) is -0.334. The number of nitrogens with zero attached hydrogens (tertiary/aromatic N) is 1. The van der Waals surface area contributed by atoms with Gasteiger partial charge in [-0.3, -0.25) is 4.79 Å². The second-order valence-electron chi connectivity index (χ2n) is 6.43. The van der Waals surface area contributed by atoms with Crippen molar-refractivity contribution in [3.8, 4) is 6.07 Å². The number of nitrogens with one attached hydrogen (secondary N) is 2. The minimum atomic E-state index is -4.16. The third kappa shape index (κ3) is 2.27. The zero-order valence-corrected chi connectivity index (χ0v) is 11.9. The summed E-state index contributed by atoms with van der Waals surface area (Å²) in [6, 6.07) is 3.34. The van der Waals surface area contributed by atoms with Gasteiger partial charge >= 0.3 is 6.18 Å². The summed E-state index contributed by atoms with van der Waals surface area (Å²) in [4.78, 5) is 14.9. The average molecular weight is 311 g/mol. The van der Waals surface area contributed by atoms with Crippen LogP contribution in [0.1, 0.15) is 54.6 Å². The predicted octanol–water partition coefficient (Wildman–Crippen LogP) is 3.27. The van der Waals surface area contributed by atoms with Crippen LogP contribution in [0.5, 0.6) is 0 Å². The van der Waals surface area contributed by atoms with Gasteiger partial charge in [-0.15, -0.1) is 0 Å². The lowest BCUT2D eigenvalue weighted by Gasteiger charge is -2.53. The largest absolute Gasteiger partial charge is 0.394 e. The fourth-order valence-corrected chi connectivity index (χ4v) is 3.70. The van der Waals surface area contributed by atoms with Crippen LogP contribution in [0.2, 0.25) is 0 Å². The molecule has 2 bridgehead atoms. The first kappa shape index (κ1) is 14.9. The lowest BCUT2D eigenvalue weighted by atomic mass is 9.57. The Hall–Kier alpha value is -1.97. The number of hydrogen-bond acceptors (Lipinski definition) is 2. The highest BCUT2D eigenvalue weighted by Crippen LogP contribution is 2.59. The lowest BCUT2D eigenvalue weighted by Crippen LogP contribution is -2.59. The molecule has 0 spiro atoms. The first-order chi connectivity index (χ1) is 10.3. The Kier molecular flexibility index (Phi) is 3.24. The third-order valence-electron chi connectivity index (χ3n) is 5.29. The van der Waals surface area contributed by atoms with Crippen molar-refractivity contribution in [2.75, 3.05) is 0 Å². The average Bonchev–Trinajstić information content (AvgIpc) is 2.97. The summed E-state index contributed by atoms with van der Waals surface area (Å²) < 4.78 is 39.6. The molecule has 3 aliphatic carbocycles. The third-order valence-corrected chi connectivity index (χ3v) is 5.29. The molecular formula is C15H16F3N3O. The number of carbonyl (C=O) groups is 1. The van der Waals surface area contributed by atoms with Gasteiger partial charge in [0.15, 0.2) is 0 Å². The van der Waals surface area contributed by atoms with Crippen molar-refractivity contribution in [3.63, 3.8) is 0 Å². The number of carbonyl (C=O) groups excluding carboxylic acids is 1. The Morgan fingerprint density at radius 1 is 1.23 bits per heavy atom. The molecular weight excluding hydrogens is 295 g/mol. The van der Waals surface area contributed by atoms with E-state index >= 15 is 0 Å². The predicted molar refractivity (Wildman–Crippen MR) is 71.9 cm³/mol. The molecule has 0 aromatic carbocycles. The van der Waals surface area contributed by atoms with E-state index in [1.54, 1.807) is 0 Å². The highest BCUT2D eigenvalue weighted by Gasteiger charge is 2.61. The molecule has 0 radical (unpaired) electrons. The molecule has 4 nitrogen and oxygen atoms in total. The first-order valence-electron chi connectivity index (χ1n) is 7.27. The van der Waals surface area contributed by atoms with E-state index in [4.69, 9.17) is 5.26 Å². The number of amides is 1. The summed E-state index contributed by atoms with van der Waals surface area (Å²) in [7, 11) is 0. The Morgan fingerprint density at radius 2 is 1.82 bits per heavy atom. The summed E-state index contributed by atoms with van der Waals surface area (Å²) in [6.45, 7) is 0. The molecule has 7 heteroatoms. The van der Waals surface area contributed by atoms with Gasteiger partial charge in [0.05, 0.1) is 11.0 Å². The van der Waals surface area contributed by atoms with E-state index in [2.05, 4.69) is 10.3 Å². The van der Waals surface area contributed by atoms with Gasteiger partial charge < -0.3 is 10.3 Å². The maximum Gasteiger partial charge on any atom is 0.394 e. The van der Waals surface area contributed by atoms with Crippen molar-refractivity contribution >= 4 is 5.91 Å². The zero-order chi connectivity index (χ0) is 16.0. The van der Waals surface area contributed by atoms with E-state index in [1.807, 2.05) is 6.07 Å². The molecule has 3 aliphatic rings. The molecule has 118 valence electrons. The minimum absolute atomic E-state index is 0.0767. The number of H-pyrrole nitrogens is 1. The topological polar surface area (TPSA) is 68.7 Å². The van der Waals surface area contributed by atoms with Crippen LogP contribution >= 0.6 is 0 Å². The Morgan fingerprint density at radius 3 is 2.27 bits per heavy atom. The Labute approximate surface area is 125 Å². The normalized spacial score (nSPS) is 30.8. The van der Waals surface area contributed by atoms with E-state index in [0.29, 0.717) is 24.8 Å². The smallest absolute Gasteiger partial charge is 0.352 e. The van der Waals surface area contributed by atoms with Crippen molar-refractivity contribution in [3.05, 3.63) is 23.5 Å². The Balaban J connectivity index is 1.71. The van der Waals surface area contributed by atoms with Crippen LogP contribution in [0.15, 0.2) is 12.3 Å². The van der Waals surface area contributed by atoms with Crippen LogP contribution in [0.25, 0.3) is 0 Å². The number of hydrogen-bond donors (Lipinski definition) is 2. The van der Waals surface area contributed by atoms with Gasteiger partial charge in [-0.25, -0.2) is 0 Å². The second-order valence-corrected chi connectivity index (χ2v) is 6.43. The van der Waals surface area contributed by atoms with Gasteiger partial charge in [0.2, 0.25) is 0 Å². The molecule has 3 fully saturated rings. The van der Waals surface area contributed by atoms with Gasteiger partial charge in [0, 0.05) is 11.7 Å². The quantitative estimate of drug-likeness (QED) is 0.880. The van der Waals surface area contributed by atoms with E-state index in [0.717, 1.165) is 0 Å². The fraction of sp³-hybridized carbons (Fsp3) is 0.600. The second kappa shape index (κ2) is 4.77. The van der Waals surface area contributed by atoms with Crippen molar-refractivity contribution < 1.29 is 18.0 Å². The maximum atomic E-state index is 13.2. The fourth-order valence-electron chi connectivity index (χ4n) is 3.70. The number of fused-ring (bicyclic) bond motifs is 3. The van der Waals surface area contributed by atoms with Crippen molar-refractivity contribution in [1.29, 1.82) is 5.26 Å². The molecule has 2 N–H and O–H groups in total. The molecule has 1 aromatic heterocycles. The summed E-state index contributed by atoms with van der Waals surface area (Å²) in [5, 5.41) is 11.6. The van der Waals surface area contributed by atoms with Crippen LogP contribution in [-0.4, -0.2) is 22.6 Å².